The third kappa shape index (κ3) is 4.22. The first-order chi connectivity index (χ1) is 13.0. The zero-order chi connectivity index (χ0) is 19.4. The normalized spacial score (nSPS) is 17.1. The number of nitro groups is 1. The Balaban J connectivity index is 1.76. The zero-order valence-corrected chi connectivity index (χ0v) is 14.6. The third-order valence-electron chi connectivity index (χ3n) is 4.46. The number of hydrogen-bond donors (Lipinski definition) is 0. The summed E-state index contributed by atoms with van der Waals surface area (Å²) in [6.07, 6.45) is 0.885. The van der Waals surface area contributed by atoms with Crippen LogP contribution in [0.25, 0.3) is 0 Å². The molecule has 0 saturated carbocycles. The Labute approximate surface area is 154 Å². The van der Waals surface area contributed by atoms with Crippen LogP contribution in [0.5, 0.6) is 0 Å². The number of anilines is 1. The summed E-state index contributed by atoms with van der Waals surface area (Å²) in [4.78, 5) is 49.5. The molecule has 2 aliphatic rings. The number of non-ortho nitro benzene ring substituents is 1. The van der Waals surface area contributed by atoms with Gasteiger partial charge in [-0.05, 0) is 12.5 Å². The van der Waals surface area contributed by atoms with E-state index < -0.39 is 23.4 Å². The Morgan fingerprint density at radius 2 is 1.96 bits per heavy atom. The smallest absolute Gasteiger partial charge is 0.341 e. The predicted octanol–water partition coefficient (Wildman–Crippen LogP) is 0.737. The van der Waals surface area contributed by atoms with Crippen molar-refractivity contribution in [3.63, 3.8) is 0 Å². The Kier molecular flexibility index (Phi) is 5.65. The number of carbonyl (C=O) groups excluding carboxylic acids is 3. The molecule has 2 saturated heterocycles. The molecule has 0 N–H and O–H groups in total. The van der Waals surface area contributed by atoms with Crippen LogP contribution in [0.4, 0.5) is 11.4 Å². The van der Waals surface area contributed by atoms with Crippen molar-refractivity contribution < 1.29 is 28.8 Å². The molecule has 0 aliphatic carbocycles. The molecule has 2 fully saturated rings. The average molecular weight is 377 g/mol. The summed E-state index contributed by atoms with van der Waals surface area (Å²) in [6.45, 7) is 1.72. The van der Waals surface area contributed by atoms with E-state index in [4.69, 9.17) is 9.47 Å². The van der Waals surface area contributed by atoms with Gasteiger partial charge in [0.15, 0.2) is 6.61 Å². The molecule has 0 spiro atoms. The topological polar surface area (TPSA) is 119 Å². The highest BCUT2D eigenvalue weighted by molar-refractivity contribution is 6.00. The maximum atomic E-state index is 12.5. The molecular weight excluding hydrogens is 358 g/mol. The van der Waals surface area contributed by atoms with E-state index >= 15 is 0 Å². The summed E-state index contributed by atoms with van der Waals surface area (Å²) < 4.78 is 10.3. The molecule has 2 aliphatic heterocycles. The highest BCUT2D eigenvalue weighted by Crippen LogP contribution is 2.27. The number of benzene rings is 1. The number of carbonyl (C=O) groups is 3. The minimum atomic E-state index is -0.847. The summed E-state index contributed by atoms with van der Waals surface area (Å²) in [5, 5.41) is 11.1. The van der Waals surface area contributed by atoms with E-state index in [2.05, 4.69) is 0 Å². The van der Waals surface area contributed by atoms with Crippen LogP contribution in [0.1, 0.15) is 23.2 Å². The van der Waals surface area contributed by atoms with Crippen molar-refractivity contribution in [3.8, 4) is 0 Å². The van der Waals surface area contributed by atoms with Crippen molar-refractivity contribution in [2.45, 2.75) is 12.8 Å². The van der Waals surface area contributed by atoms with Gasteiger partial charge in [-0.3, -0.25) is 24.6 Å². The second-order valence-corrected chi connectivity index (χ2v) is 6.18. The van der Waals surface area contributed by atoms with Gasteiger partial charge in [0.05, 0.1) is 29.4 Å². The lowest BCUT2D eigenvalue weighted by Gasteiger charge is -2.30. The molecule has 1 aromatic rings. The Morgan fingerprint density at radius 3 is 2.59 bits per heavy atom. The van der Waals surface area contributed by atoms with Gasteiger partial charge in [0, 0.05) is 38.2 Å². The van der Waals surface area contributed by atoms with Crippen LogP contribution < -0.4 is 4.90 Å². The van der Waals surface area contributed by atoms with E-state index in [1.165, 1.54) is 12.1 Å². The van der Waals surface area contributed by atoms with Crippen LogP contribution in [0, 0.1) is 10.1 Å². The Hall–Kier alpha value is -3.01. The number of nitrogens with zero attached hydrogens (tertiary/aromatic N) is 3. The molecule has 2 amide bonds. The number of ether oxygens (including phenoxy) is 2. The van der Waals surface area contributed by atoms with Crippen LogP contribution in [0.3, 0.4) is 0 Å². The molecule has 0 aromatic heterocycles. The second-order valence-electron chi connectivity index (χ2n) is 6.18. The molecule has 0 bridgehead atoms. The summed E-state index contributed by atoms with van der Waals surface area (Å²) in [7, 11) is 0. The number of imide groups is 1. The fourth-order valence-electron chi connectivity index (χ4n) is 3.08. The molecule has 10 nitrogen and oxygen atoms in total. The monoisotopic (exact) mass is 377 g/mol. The van der Waals surface area contributed by atoms with Crippen LogP contribution in [0.15, 0.2) is 18.2 Å². The molecule has 0 unspecified atom stereocenters. The molecule has 144 valence electrons. The second kappa shape index (κ2) is 8.12. The molecular formula is C17H19N3O7. The molecule has 3 rings (SSSR count). The van der Waals surface area contributed by atoms with Crippen molar-refractivity contribution in [1.29, 1.82) is 0 Å². The van der Waals surface area contributed by atoms with Crippen LogP contribution in [0.2, 0.25) is 0 Å². The number of morpholine rings is 1. The molecule has 10 heteroatoms. The minimum Gasteiger partial charge on any atom is -0.452 e. The van der Waals surface area contributed by atoms with E-state index in [0.717, 1.165) is 11.0 Å². The molecule has 0 radical (unpaired) electrons. The van der Waals surface area contributed by atoms with Gasteiger partial charge in [-0.15, -0.1) is 0 Å². The maximum Gasteiger partial charge on any atom is 0.341 e. The van der Waals surface area contributed by atoms with Crippen molar-refractivity contribution in [1.82, 2.24) is 4.90 Å². The van der Waals surface area contributed by atoms with E-state index in [1.807, 2.05) is 4.90 Å². The highest BCUT2D eigenvalue weighted by Gasteiger charge is 2.28. The van der Waals surface area contributed by atoms with Crippen molar-refractivity contribution in [3.05, 3.63) is 33.9 Å². The maximum absolute atomic E-state index is 12.5. The number of likely N-dealkylation sites (tertiary alicyclic amines) is 1. The van der Waals surface area contributed by atoms with Crippen molar-refractivity contribution >= 4 is 29.2 Å². The number of esters is 1. The van der Waals surface area contributed by atoms with Gasteiger partial charge >= 0.3 is 5.97 Å². The van der Waals surface area contributed by atoms with Gasteiger partial charge in [-0.1, -0.05) is 0 Å². The minimum absolute atomic E-state index is 0.00616. The van der Waals surface area contributed by atoms with Gasteiger partial charge < -0.3 is 14.4 Å². The summed E-state index contributed by atoms with van der Waals surface area (Å²) in [5.74, 6) is -1.73. The van der Waals surface area contributed by atoms with Gasteiger partial charge in [0.2, 0.25) is 5.91 Å². The van der Waals surface area contributed by atoms with Crippen LogP contribution in [-0.2, 0) is 19.1 Å². The molecule has 1 aromatic carbocycles. The fourth-order valence-corrected chi connectivity index (χ4v) is 3.08. The summed E-state index contributed by atoms with van der Waals surface area (Å²) >= 11 is 0. The first kappa shape index (κ1) is 18.8. The fraction of sp³-hybridized carbons (Fsp3) is 0.471. The highest BCUT2D eigenvalue weighted by atomic mass is 16.6. The summed E-state index contributed by atoms with van der Waals surface area (Å²) in [6, 6.07) is 3.94. The number of amides is 2. The van der Waals surface area contributed by atoms with E-state index in [1.54, 1.807) is 0 Å². The lowest BCUT2D eigenvalue weighted by Crippen LogP contribution is -2.37. The first-order valence-electron chi connectivity index (χ1n) is 8.59. The van der Waals surface area contributed by atoms with Gasteiger partial charge in [-0.2, -0.15) is 0 Å². The Morgan fingerprint density at radius 1 is 1.22 bits per heavy atom. The van der Waals surface area contributed by atoms with E-state index in [-0.39, 0.29) is 17.2 Å². The average Bonchev–Trinajstić information content (AvgIpc) is 3.12. The lowest BCUT2D eigenvalue weighted by molar-refractivity contribution is -0.384. The largest absolute Gasteiger partial charge is 0.452 e. The molecule has 27 heavy (non-hydrogen) atoms. The number of rotatable bonds is 5. The van der Waals surface area contributed by atoms with Gasteiger partial charge in [0.1, 0.15) is 0 Å². The Bertz CT molecular complexity index is 774. The predicted molar refractivity (Wildman–Crippen MR) is 92.4 cm³/mol. The zero-order valence-electron chi connectivity index (χ0n) is 14.6. The molecule has 2 heterocycles. The van der Waals surface area contributed by atoms with Crippen molar-refractivity contribution in [2.75, 3.05) is 44.4 Å². The van der Waals surface area contributed by atoms with E-state index in [9.17, 15) is 24.5 Å². The third-order valence-corrected chi connectivity index (χ3v) is 4.46. The molecule has 0 atom stereocenters. The van der Waals surface area contributed by atoms with Gasteiger partial charge in [-0.25, -0.2) is 4.79 Å². The van der Waals surface area contributed by atoms with Crippen LogP contribution >= 0.6 is 0 Å². The number of hydrogen-bond acceptors (Lipinski definition) is 8. The lowest BCUT2D eigenvalue weighted by atomic mass is 10.1. The van der Waals surface area contributed by atoms with E-state index in [0.29, 0.717) is 51.4 Å². The number of nitro benzene ring substituents is 1. The SMILES string of the molecule is O=C(OCC(=O)N1CCCC1=O)c1cc([N+](=O)[O-])ccc1N1CCOCC1. The van der Waals surface area contributed by atoms with Crippen LogP contribution in [-0.4, -0.2) is 67.1 Å². The summed E-state index contributed by atoms with van der Waals surface area (Å²) in [5.41, 5.74) is 0.241. The first-order valence-corrected chi connectivity index (χ1v) is 8.59. The quantitative estimate of drug-likeness (QED) is 0.419. The van der Waals surface area contributed by atoms with Gasteiger partial charge in [0.25, 0.3) is 11.6 Å². The standard InChI is InChI=1S/C17H19N3O7/c21-15-2-1-5-19(15)16(22)11-27-17(23)13-10-12(20(24)25)3-4-14(13)18-6-8-26-9-7-18/h3-4,10H,1-2,5-9,11H2. The van der Waals surface area contributed by atoms with Crippen molar-refractivity contribution in [2.24, 2.45) is 0 Å².